The highest BCUT2D eigenvalue weighted by Crippen LogP contribution is 2.32. The maximum atomic E-state index is 11.9. The first kappa shape index (κ1) is 20.2. The van der Waals surface area contributed by atoms with Crippen molar-refractivity contribution in [2.24, 2.45) is 5.10 Å². The molecule has 0 aliphatic carbocycles. The first-order valence-electron chi connectivity index (χ1n) is 8.73. The van der Waals surface area contributed by atoms with Gasteiger partial charge in [-0.1, -0.05) is 54.1 Å². The van der Waals surface area contributed by atoms with Gasteiger partial charge in [0.1, 0.15) is 5.75 Å². The van der Waals surface area contributed by atoms with Crippen LogP contribution in [-0.2, 0) is 4.79 Å². The Bertz CT molecular complexity index is 1010. The van der Waals surface area contributed by atoms with E-state index in [0.717, 1.165) is 11.1 Å². The van der Waals surface area contributed by atoms with Crippen molar-refractivity contribution in [2.75, 3.05) is 13.7 Å². The summed E-state index contributed by atoms with van der Waals surface area (Å²) in [5, 5.41) is 14.2. The molecular formula is C22H19ClN2O4. The second-order valence-electron chi connectivity index (χ2n) is 6.02. The van der Waals surface area contributed by atoms with Gasteiger partial charge in [0.2, 0.25) is 0 Å². The van der Waals surface area contributed by atoms with Crippen LogP contribution in [0.3, 0.4) is 0 Å². The number of carbonyl (C=O) groups is 1. The standard InChI is InChI=1S/C22H19ClN2O4/c1-28-20-12-18(23)11-17(22(20)27)13-24-25-21(26)14-29-19-9-7-16(8-10-19)15-5-3-2-4-6-15/h2-13,27H,14H2,1H3,(H,25,26)/b24-13-. The Kier molecular flexibility index (Phi) is 6.71. The summed E-state index contributed by atoms with van der Waals surface area (Å²) in [6.45, 7) is -0.202. The Balaban J connectivity index is 1.53. The van der Waals surface area contributed by atoms with E-state index in [4.69, 9.17) is 21.1 Å². The van der Waals surface area contributed by atoms with Gasteiger partial charge in [0.05, 0.1) is 13.3 Å². The van der Waals surface area contributed by atoms with E-state index in [9.17, 15) is 9.90 Å². The topological polar surface area (TPSA) is 80.2 Å². The lowest BCUT2D eigenvalue weighted by Gasteiger charge is -2.07. The van der Waals surface area contributed by atoms with Gasteiger partial charge in [0.25, 0.3) is 5.91 Å². The van der Waals surface area contributed by atoms with E-state index in [2.05, 4.69) is 10.5 Å². The second-order valence-corrected chi connectivity index (χ2v) is 6.45. The molecule has 0 aliphatic heterocycles. The van der Waals surface area contributed by atoms with Crippen molar-refractivity contribution in [2.45, 2.75) is 0 Å². The lowest BCUT2D eigenvalue weighted by atomic mass is 10.1. The Morgan fingerprint density at radius 2 is 1.79 bits per heavy atom. The van der Waals surface area contributed by atoms with Gasteiger partial charge in [0, 0.05) is 16.7 Å². The van der Waals surface area contributed by atoms with Crippen LogP contribution < -0.4 is 14.9 Å². The molecule has 2 N–H and O–H groups in total. The summed E-state index contributed by atoms with van der Waals surface area (Å²) in [4.78, 5) is 11.9. The largest absolute Gasteiger partial charge is 0.504 e. The van der Waals surface area contributed by atoms with E-state index in [1.807, 2.05) is 42.5 Å². The number of hydrogen-bond acceptors (Lipinski definition) is 5. The molecule has 0 heterocycles. The molecule has 6 nitrogen and oxygen atoms in total. The molecule has 0 saturated carbocycles. The van der Waals surface area contributed by atoms with Crippen molar-refractivity contribution in [3.63, 3.8) is 0 Å². The molecule has 0 spiro atoms. The van der Waals surface area contributed by atoms with Crippen molar-refractivity contribution < 1.29 is 19.4 Å². The molecule has 0 fully saturated rings. The number of benzene rings is 3. The Labute approximate surface area is 173 Å². The molecule has 3 aromatic rings. The number of hydrazone groups is 1. The van der Waals surface area contributed by atoms with Gasteiger partial charge in [0.15, 0.2) is 18.1 Å². The van der Waals surface area contributed by atoms with E-state index in [-0.39, 0.29) is 18.1 Å². The predicted octanol–water partition coefficient (Wildman–Crippen LogP) is 4.25. The first-order valence-corrected chi connectivity index (χ1v) is 9.11. The number of ether oxygens (including phenoxy) is 2. The number of phenols is 1. The minimum absolute atomic E-state index is 0.121. The summed E-state index contributed by atoms with van der Waals surface area (Å²) in [7, 11) is 1.41. The minimum Gasteiger partial charge on any atom is -0.504 e. The van der Waals surface area contributed by atoms with E-state index < -0.39 is 5.91 Å². The quantitative estimate of drug-likeness (QED) is 0.450. The number of halogens is 1. The maximum absolute atomic E-state index is 11.9. The van der Waals surface area contributed by atoms with E-state index >= 15 is 0 Å². The fourth-order valence-corrected chi connectivity index (χ4v) is 2.79. The molecule has 0 bridgehead atoms. The molecule has 0 radical (unpaired) electrons. The van der Waals surface area contributed by atoms with Crippen LogP contribution in [0.15, 0.2) is 71.8 Å². The molecule has 0 atom stereocenters. The number of nitrogens with one attached hydrogen (secondary N) is 1. The highest BCUT2D eigenvalue weighted by Gasteiger charge is 2.08. The summed E-state index contributed by atoms with van der Waals surface area (Å²) in [5.41, 5.74) is 4.81. The maximum Gasteiger partial charge on any atom is 0.277 e. The Morgan fingerprint density at radius 1 is 1.10 bits per heavy atom. The molecule has 0 unspecified atom stereocenters. The molecule has 3 rings (SSSR count). The van der Waals surface area contributed by atoms with Crippen molar-refractivity contribution >= 4 is 23.7 Å². The van der Waals surface area contributed by atoms with Crippen LogP contribution >= 0.6 is 11.6 Å². The summed E-state index contributed by atoms with van der Waals surface area (Å²) in [6.07, 6.45) is 1.27. The van der Waals surface area contributed by atoms with Gasteiger partial charge < -0.3 is 14.6 Å². The second kappa shape index (κ2) is 9.61. The fraction of sp³-hybridized carbons (Fsp3) is 0.0909. The lowest BCUT2D eigenvalue weighted by molar-refractivity contribution is -0.123. The van der Waals surface area contributed by atoms with Gasteiger partial charge in [-0.2, -0.15) is 5.10 Å². The summed E-state index contributed by atoms with van der Waals surface area (Å²) < 4.78 is 10.5. The third-order valence-electron chi connectivity index (χ3n) is 4.01. The monoisotopic (exact) mass is 410 g/mol. The van der Waals surface area contributed by atoms with Gasteiger partial charge in [-0.3, -0.25) is 4.79 Å². The molecule has 3 aromatic carbocycles. The summed E-state index contributed by atoms with van der Waals surface area (Å²) in [6, 6.07) is 20.4. The zero-order valence-corrected chi connectivity index (χ0v) is 16.4. The fourth-order valence-electron chi connectivity index (χ4n) is 2.58. The molecule has 0 aromatic heterocycles. The molecular weight excluding hydrogens is 392 g/mol. The Morgan fingerprint density at radius 3 is 2.48 bits per heavy atom. The van der Waals surface area contributed by atoms with Crippen molar-refractivity contribution in [1.82, 2.24) is 5.43 Å². The molecule has 29 heavy (non-hydrogen) atoms. The van der Waals surface area contributed by atoms with Crippen LogP contribution in [0.2, 0.25) is 5.02 Å². The average Bonchev–Trinajstić information content (AvgIpc) is 2.75. The zero-order chi connectivity index (χ0) is 20.6. The van der Waals surface area contributed by atoms with Crippen LogP contribution in [0.1, 0.15) is 5.56 Å². The lowest BCUT2D eigenvalue weighted by Crippen LogP contribution is -2.24. The molecule has 0 aliphatic rings. The highest BCUT2D eigenvalue weighted by atomic mass is 35.5. The summed E-state index contributed by atoms with van der Waals surface area (Å²) >= 11 is 5.95. The Hall–Kier alpha value is -3.51. The zero-order valence-electron chi connectivity index (χ0n) is 15.6. The van der Waals surface area contributed by atoms with E-state index in [0.29, 0.717) is 16.3 Å². The molecule has 7 heteroatoms. The van der Waals surface area contributed by atoms with Crippen LogP contribution in [0, 0.1) is 0 Å². The first-order chi connectivity index (χ1) is 14.1. The molecule has 148 valence electrons. The number of nitrogens with zero attached hydrogens (tertiary/aromatic N) is 1. The van der Waals surface area contributed by atoms with E-state index in [1.54, 1.807) is 12.1 Å². The van der Waals surface area contributed by atoms with Gasteiger partial charge >= 0.3 is 0 Å². The van der Waals surface area contributed by atoms with Gasteiger partial charge in [-0.05, 0) is 29.3 Å². The third-order valence-corrected chi connectivity index (χ3v) is 4.23. The SMILES string of the molecule is COc1cc(Cl)cc(/C=N\NC(=O)COc2ccc(-c3ccccc3)cc2)c1O. The number of carbonyl (C=O) groups excluding carboxylic acids is 1. The van der Waals surface area contributed by atoms with E-state index in [1.165, 1.54) is 25.5 Å². The number of aromatic hydroxyl groups is 1. The third kappa shape index (κ3) is 5.49. The van der Waals surface area contributed by atoms with Gasteiger partial charge in [-0.15, -0.1) is 0 Å². The van der Waals surface area contributed by atoms with Crippen LogP contribution in [-0.4, -0.2) is 30.9 Å². The number of rotatable bonds is 7. The highest BCUT2D eigenvalue weighted by molar-refractivity contribution is 6.31. The van der Waals surface area contributed by atoms with Crippen LogP contribution in [0.5, 0.6) is 17.2 Å². The minimum atomic E-state index is -0.443. The average molecular weight is 411 g/mol. The normalized spacial score (nSPS) is 10.7. The number of methoxy groups -OCH3 is 1. The van der Waals surface area contributed by atoms with Crippen molar-refractivity contribution in [1.29, 1.82) is 0 Å². The predicted molar refractivity (Wildman–Crippen MR) is 113 cm³/mol. The van der Waals surface area contributed by atoms with Crippen molar-refractivity contribution in [3.05, 3.63) is 77.3 Å². The molecule has 0 saturated heterocycles. The summed E-state index contributed by atoms with van der Waals surface area (Å²) in [5.74, 6) is 0.222. The smallest absolute Gasteiger partial charge is 0.277 e. The number of amides is 1. The van der Waals surface area contributed by atoms with Crippen molar-refractivity contribution in [3.8, 4) is 28.4 Å². The van der Waals surface area contributed by atoms with Crippen LogP contribution in [0.25, 0.3) is 11.1 Å². The number of hydrogen-bond donors (Lipinski definition) is 2. The van der Waals surface area contributed by atoms with Gasteiger partial charge in [-0.25, -0.2) is 5.43 Å². The van der Waals surface area contributed by atoms with Crippen LogP contribution in [0.4, 0.5) is 0 Å². The number of phenolic OH excluding ortho intramolecular Hbond substituents is 1. The molecule has 1 amide bonds.